The van der Waals surface area contributed by atoms with Crippen molar-refractivity contribution in [1.29, 1.82) is 0 Å². The van der Waals surface area contributed by atoms with E-state index < -0.39 is 6.36 Å². The molecule has 3 rings (SSSR count). The smallest absolute Gasteiger partial charge is 0.406 e. The number of hydrogen-bond donors (Lipinski definition) is 1. The molecule has 1 heterocycles. The predicted molar refractivity (Wildman–Crippen MR) is 79.1 cm³/mol. The highest BCUT2D eigenvalue weighted by Gasteiger charge is 2.31. The Hall–Kier alpha value is -1.47. The van der Waals surface area contributed by atoms with E-state index >= 15 is 0 Å². The molecule has 0 bridgehead atoms. The number of alkyl halides is 3. The largest absolute Gasteiger partial charge is 0.573 e. The molecule has 1 saturated carbocycles. The summed E-state index contributed by atoms with van der Waals surface area (Å²) in [5, 5.41) is 0. The van der Waals surface area contributed by atoms with Crippen LogP contribution in [-0.2, 0) is 0 Å². The molecule has 2 N–H and O–H groups in total. The molecule has 0 saturated heterocycles. The third-order valence-electron chi connectivity index (χ3n) is 3.91. The standard InChI is InChI=1S/C14H16F3N3O.ClH/c15-14(16,17)21-11-5-6-13-12(7-11)19-8-20(13)10-3-1-9(18)2-4-10;/h5-10H,1-4,18H2;1H. The zero-order valence-corrected chi connectivity index (χ0v) is 12.5. The topological polar surface area (TPSA) is 53.1 Å². The molecule has 1 aromatic heterocycles. The van der Waals surface area contributed by atoms with Gasteiger partial charge in [-0.3, -0.25) is 0 Å². The summed E-state index contributed by atoms with van der Waals surface area (Å²) in [7, 11) is 0. The van der Waals surface area contributed by atoms with Crippen molar-refractivity contribution in [2.24, 2.45) is 5.73 Å². The van der Waals surface area contributed by atoms with Crippen molar-refractivity contribution >= 4 is 23.4 Å². The maximum absolute atomic E-state index is 12.2. The van der Waals surface area contributed by atoms with Gasteiger partial charge in [0, 0.05) is 18.2 Å². The normalized spacial score (nSPS) is 22.4. The third kappa shape index (κ3) is 3.64. The first-order chi connectivity index (χ1) is 9.92. The van der Waals surface area contributed by atoms with E-state index in [-0.39, 0.29) is 24.2 Å². The summed E-state index contributed by atoms with van der Waals surface area (Å²) in [5.41, 5.74) is 7.22. The quantitative estimate of drug-likeness (QED) is 0.908. The third-order valence-corrected chi connectivity index (χ3v) is 3.91. The van der Waals surface area contributed by atoms with Crippen molar-refractivity contribution in [1.82, 2.24) is 9.55 Å². The Morgan fingerprint density at radius 2 is 1.86 bits per heavy atom. The van der Waals surface area contributed by atoms with E-state index in [9.17, 15) is 13.2 Å². The fourth-order valence-corrected chi connectivity index (χ4v) is 2.88. The maximum atomic E-state index is 12.2. The SMILES string of the molecule is Cl.NC1CCC(n2cnc3cc(OC(F)(F)F)ccc32)CC1. The van der Waals surface area contributed by atoms with E-state index in [1.54, 1.807) is 12.4 Å². The molecule has 22 heavy (non-hydrogen) atoms. The monoisotopic (exact) mass is 335 g/mol. The molecule has 0 unspecified atom stereocenters. The van der Waals surface area contributed by atoms with E-state index in [4.69, 9.17) is 5.73 Å². The average Bonchev–Trinajstić information content (AvgIpc) is 2.81. The summed E-state index contributed by atoms with van der Waals surface area (Å²) in [6, 6.07) is 4.82. The van der Waals surface area contributed by atoms with Crippen molar-refractivity contribution < 1.29 is 17.9 Å². The number of halogens is 4. The number of imidazole rings is 1. The lowest BCUT2D eigenvalue weighted by Gasteiger charge is -2.27. The molecule has 0 atom stereocenters. The summed E-state index contributed by atoms with van der Waals surface area (Å²) in [4.78, 5) is 4.19. The Bertz CT molecular complexity index is 636. The van der Waals surface area contributed by atoms with Crippen molar-refractivity contribution in [2.75, 3.05) is 0 Å². The van der Waals surface area contributed by atoms with Crippen molar-refractivity contribution in [3.05, 3.63) is 24.5 Å². The number of fused-ring (bicyclic) bond motifs is 1. The Balaban J connectivity index is 0.00000176. The van der Waals surface area contributed by atoms with Gasteiger partial charge in [-0.25, -0.2) is 4.98 Å². The second kappa shape index (κ2) is 6.34. The van der Waals surface area contributed by atoms with Crippen LogP contribution >= 0.6 is 12.4 Å². The Morgan fingerprint density at radius 1 is 1.18 bits per heavy atom. The highest BCUT2D eigenvalue weighted by Crippen LogP contribution is 2.32. The predicted octanol–water partition coefficient (Wildman–Crippen LogP) is 3.80. The van der Waals surface area contributed by atoms with Gasteiger partial charge in [0.15, 0.2) is 0 Å². The van der Waals surface area contributed by atoms with Crippen LogP contribution in [0.25, 0.3) is 11.0 Å². The van der Waals surface area contributed by atoms with Gasteiger partial charge < -0.3 is 15.0 Å². The molecule has 1 aliphatic carbocycles. The van der Waals surface area contributed by atoms with E-state index in [2.05, 4.69) is 9.72 Å². The molecule has 1 aromatic carbocycles. The Morgan fingerprint density at radius 3 is 2.50 bits per heavy atom. The summed E-state index contributed by atoms with van der Waals surface area (Å²) < 4.78 is 42.6. The van der Waals surface area contributed by atoms with Gasteiger partial charge >= 0.3 is 6.36 Å². The van der Waals surface area contributed by atoms with Crippen LogP contribution in [0.5, 0.6) is 5.75 Å². The lowest BCUT2D eigenvalue weighted by atomic mass is 9.91. The highest BCUT2D eigenvalue weighted by atomic mass is 35.5. The molecule has 0 radical (unpaired) electrons. The zero-order valence-electron chi connectivity index (χ0n) is 11.7. The molecule has 1 aliphatic rings. The first-order valence-corrected chi connectivity index (χ1v) is 6.90. The van der Waals surface area contributed by atoms with Crippen LogP contribution in [0.15, 0.2) is 24.5 Å². The highest BCUT2D eigenvalue weighted by molar-refractivity contribution is 5.85. The summed E-state index contributed by atoms with van der Waals surface area (Å²) in [6.45, 7) is 0. The zero-order chi connectivity index (χ0) is 15.0. The minimum atomic E-state index is -4.68. The molecule has 2 aromatic rings. The van der Waals surface area contributed by atoms with Gasteiger partial charge in [-0.05, 0) is 37.8 Å². The lowest BCUT2D eigenvalue weighted by Crippen LogP contribution is -2.27. The summed E-state index contributed by atoms with van der Waals surface area (Å²) >= 11 is 0. The van der Waals surface area contributed by atoms with Crippen LogP contribution in [0.4, 0.5) is 13.2 Å². The fourth-order valence-electron chi connectivity index (χ4n) is 2.88. The second-order valence-electron chi connectivity index (χ2n) is 5.42. The summed E-state index contributed by atoms with van der Waals surface area (Å²) in [5.74, 6) is -0.245. The Labute approximate surface area is 131 Å². The Kier molecular flexibility index (Phi) is 4.87. The van der Waals surface area contributed by atoms with E-state index in [1.807, 2.05) is 4.57 Å². The molecular weight excluding hydrogens is 319 g/mol. The van der Waals surface area contributed by atoms with Gasteiger partial charge in [0.2, 0.25) is 0 Å². The van der Waals surface area contributed by atoms with Crippen molar-refractivity contribution in [3.8, 4) is 5.75 Å². The first kappa shape index (κ1) is 16.9. The molecule has 1 fully saturated rings. The van der Waals surface area contributed by atoms with Gasteiger partial charge in [0.25, 0.3) is 0 Å². The number of nitrogens with two attached hydrogens (primary N) is 1. The number of ether oxygens (including phenoxy) is 1. The molecule has 4 nitrogen and oxygen atoms in total. The lowest BCUT2D eigenvalue weighted by molar-refractivity contribution is -0.274. The van der Waals surface area contributed by atoms with E-state index in [0.717, 1.165) is 31.2 Å². The molecular formula is C14H17ClF3N3O. The minimum Gasteiger partial charge on any atom is -0.406 e. The first-order valence-electron chi connectivity index (χ1n) is 6.90. The number of rotatable bonds is 2. The van der Waals surface area contributed by atoms with Gasteiger partial charge in [-0.2, -0.15) is 0 Å². The van der Waals surface area contributed by atoms with Crippen LogP contribution in [0.1, 0.15) is 31.7 Å². The van der Waals surface area contributed by atoms with Gasteiger partial charge in [0.1, 0.15) is 5.75 Å². The average molecular weight is 336 g/mol. The van der Waals surface area contributed by atoms with Crippen molar-refractivity contribution in [2.45, 2.75) is 44.1 Å². The number of aromatic nitrogens is 2. The number of nitrogens with zero attached hydrogens (tertiary/aromatic N) is 2. The summed E-state index contributed by atoms with van der Waals surface area (Å²) in [6.07, 6.45) is 0.847. The van der Waals surface area contributed by atoms with Crippen LogP contribution in [-0.4, -0.2) is 22.0 Å². The van der Waals surface area contributed by atoms with E-state index in [0.29, 0.717) is 11.6 Å². The van der Waals surface area contributed by atoms with Crippen LogP contribution < -0.4 is 10.5 Å². The second-order valence-corrected chi connectivity index (χ2v) is 5.42. The van der Waals surface area contributed by atoms with Crippen LogP contribution in [0.3, 0.4) is 0 Å². The minimum absolute atomic E-state index is 0. The van der Waals surface area contributed by atoms with Crippen LogP contribution in [0, 0.1) is 0 Å². The van der Waals surface area contributed by atoms with Gasteiger partial charge in [-0.15, -0.1) is 25.6 Å². The fraction of sp³-hybridized carbons (Fsp3) is 0.500. The molecule has 8 heteroatoms. The molecule has 122 valence electrons. The van der Waals surface area contributed by atoms with Crippen molar-refractivity contribution in [3.63, 3.8) is 0 Å². The van der Waals surface area contributed by atoms with E-state index in [1.165, 1.54) is 12.1 Å². The van der Waals surface area contributed by atoms with Crippen LogP contribution in [0.2, 0.25) is 0 Å². The molecule has 0 spiro atoms. The maximum Gasteiger partial charge on any atom is 0.573 e. The number of benzene rings is 1. The van der Waals surface area contributed by atoms with Gasteiger partial charge in [0.05, 0.1) is 17.4 Å². The number of hydrogen-bond acceptors (Lipinski definition) is 3. The molecule has 0 aliphatic heterocycles. The molecule has 0 amide bonds. The van der Waals surface area contributed by atoms with Gasteiger partial charge in [-0.1, -0.05) is 0 Å².